The maximum Gasteiger partial charge on any atom is 0.238 e. The van der Waals surface area contributed by atoms with Gasteiger partial charge in [0.05, 0.1) is 21.2 Å². The van der Waals surface area contributed by atoms with E-state index in [2.05, 4.69) is 16.0 Å². The predicted octanol–water partition coefficient (Wildman–Crippen LogP) is 2.87. The van der Waals surface area contributed by atoms with E-state index in [1.165, 1.54) is 30.5 Å². The van der Waals surface area contributed by atoms with Crippen LogP contribution in [0.1, 0.15) is 5.56 Å². The van der Waals surface area contributed by atoms with E-state index in [9.17, 15) is 18.1 Å². The van der Waals surface area contributed by atoms with Gasteiger partial charge in [-0.3, -0.25) is 4.98 Å². The van der Waals surface area contributed by atoms with E-state index in [4.69, 9.17) is 16.7 Å². The first-order valence-electron chi connectivity index (χ1n) is 9.09. The minimum absolute atomic E-state index is 0.0588. The Bertz CT molecular complexity index is 1270. The van der Waals surface area contributed by atoms with E-state index in [0.717, 1.165) is 5.69 Å². The molecule has 30 heavy (non-hydrogen) atoms. The van der Waals surface area contributed by atoms with Crippen molar-refractivity contribution < 1.29 is 12.8 Å². The number of nitriles is 1. The standard InChI is InChI=1S/C20H17ClFN5O2S/c21-16-5-6-17(22)19-18(16)20(13(11-23)12-25-19)27-9-7-26(8-10-27)14-1-3-15(4-2-14)30(24,28)29/h1-6,12H,7-10H2,(H2,24,28,29). The van der Waals surface area contributed by atoms with Crippen LogP contribution >= 0.6 is 11.6 Å². The molecule has 0 atom stereocenters. The molecular weight excluding hydrogens is 429 g/mol. The molecule has 10 heteroatoms. The zero-order valence-electron chi connectivity index (χ0n) is 15.7. The van der Waals surface area contributed by atoms with Crippen LogP contribution in [0, 0.1) is 17.1 Å². The van der Waals surface area contributed by atoms with Gasteiger partial charge in [0, 0.05) is 43.4 Å². The van der Waals surface area contributed by atoms with Gasteiger partial charge in [-0.15, -0.1) is 0 Å². The number of hydrogen-bond acceptors (Lipinski definition) is 6. The number of aromatic nitrogens is 1. The number of fused-ring (bicyclic) bond motifs is 1. The van der Waals surface area contributed by atoms with Crippen LogP contribution in [0.3, 0.4) is 0 Å². The van der Waals surface area contributed by atoms with E-state index in [0.29, 0.717) is 47.8 Å². The zero-order valence-corrected chi connectivity index (χ0v) is 17.3. The highest BCUT2D eigenvalue weighted by atomic mass is 35.5. The summed E-state index contributed by atoms with van der Waals surface area (Å²) in [6.45, 7) is 2.38. The topological polar surface area (TPSA) is 103 Å². The molecule has 3 aromatic rings. The summed E-state index contributed by atoms with van der Waals surface area (Å²) in [5, 5.41) is 15.5. The average molecular weight is 446 g/mol. The zero-order chi connectivity index (χ0) is 21.5. The number of pyridine rings is 1. The second-order valence-corrected chi connectivity index (χ2v) is 8.87. The van der Waals surface area contributed by atoms with Crippen LogP contribution in [-0.4, -0.2) is 39.6 Å². The molecule has 4 rings (SSSR count). The van der Waals surface area contributed by atoms with Crippen molar-refractivity contribution in [3.8, 4) is 6.07 Å². The van der Waals surface area contributed by atoms with Crippen molar-refractivity contribution in [1.29, 1.82) is 5.26 Å². The van der Waals surface area contributed by atoms with Crippen molar-refractivity contribution >= 4 is 43.9 Å². The lowest BCUT2D eigenvalue weighted by atomic mass is 10.1. The molecule has 1 aliphatic heterocycles. The number of piperazine rings is 1. The van der Waals surface area contributed by atoms with Crippen LogP contribution in [0.4, 0.5) is 15.8 Å². The van der Waals surface area contributed by atoms with E-state index in [1.807, 2.05) is 4.90 Å². The van der Waals surface area contributed by atoms with Crippen molar-refractivity contribution in [2.24, 2.45) is 5.14 Å². The lowest BCUT2D eigenvalue weighted by molar-refractivity contribution is 0.597. The SMILES string of the molecule is N#Cc1cnc2c(F)ccc(Cl)c2c1N1CCN(c2ccc(S(N)(=O)=O)cc2)CC1. The molecule has 1 fully saturated rings. The third-order valence-electron chi connectivity index (χ3n) is 5.14. The van der Waals surface area contributed by atoms with Gasteiger partial charge < -0.3 is 9.80 Å². The number of anilines is 2. The van der Waals surface area contributed by atoms with Gasteiger partial charge in [-0.1, -0.05) is 11.6 Å². The Labute approximate surface area is 178 Å². The van der Waals surface area contributed by atoms with Crippen LogP contribution in [0.15, 0.2) is 47.5 Å². The van der Waals surface area contributed by atoms with Gasteiger partial charge in [-0.25, -0.2) is 17.9 Å². The Morgan fingerprint density at radius 3 is 2.30 bits per heavy atom. The minimum atomic E-state index is -3.74. The first-order chi connectivity index (χ1) is 14.3. The summed E-state index contributed by atoms with van der Waals surface area (Å²) in [6.07, 6.45) is 1.37. The van der Waals surface area contributed by atoms with Gasteiger partial charge in [0.15, 0.2) is 0 Å². The fraction of sp³-hybridized carbons (Fsp3) is 0.200. The maximum absolute atomic E-state index is 14.3. The van der Waals surface area contributed by atoms with Gasteiger partial charge in [0.25, 0.3) is 0 Å². The van der Waals surface area contributed by atoms with Crippen LogP contribution in [-0.2, 0) is 10.0 Å². The number of primary sulfonamides is 1. The summed E-state index contributed by atoms with van der Waals surface area (Å²) in [4.78, 5) is 8.24. The molecule has 1 aliphatic rings. The van der Waals surface area contributed by atoms with Crippen LogP contribution < -0.4 is 14.9 Å². The van der Waals surface area contributed by atoms with Crippen LogP contribution in [0.2, 0.25) is 5.02 Å². The summed E-state index contributed by atoms with van der Waals surface area (Å²) in [5.74, 6) is -0.492. The quantitative estimate of drug-likeness (QED) is 0.664. The molecule has 0 radical (unpaired) electrons. The molecule has 0 bridgehead atoms. The fourth-order valence-electron chi connectivity index (χ4n) is 3.66. The lowest BCUT2D eigenvalue weighted by Gasteiger charge is -2.38. The molecule has 2 aromatic carbocycles. The number of benzene rings is 2. The highest BCUT2D eigenvalue weighted by Gasteiger charge is 2.24. The first-order valence-corrected chi connectivity index (χ1v) is 11.0. The summed E-state index contributed by atoms with van der Waals surface area (Å²) < 4.78 is 37.1. The number of nitrogens with two attached hydrogens (primary N) is 1. The number of rotatable bonds is 3. The molecule has 1 aromatic heterocycles. The second kappa shape index (κ2) is 7.72. The average Bonchev–Trinajstić information content (AvgIpc) is 2.75. The molecule has 2 heterocycles. The highest BCUT2D eigenvalue weighted by molar-refractivity contribution is 7.89. The van der Waals surface area contributed by atoms with Crippen LogP contribution in [0.5, 0.6) is 0 Å². The molecule has 154 valence electrons. The molecular formula is C20H17ClFN5O2S. The van der Waals surface area contributed by atoms with Crippen LogP contribution in [0.25, 0.3) is 10.9 Å². The third kappa shape index (κ3) is 3.65. The number of nitrogens with zero attached hydrogens (tertiary/aromatic N) is 4. The Balaban J connectivity index is 1.63. The second-order valence-electron chi connectivity index (χ2n) is 6.90. The third-order valence-corrected chi connectivity index (χ3v) is 6.38. The molecule has 0 aliphatic carbocycles. The molecule has 7 nitrogen and oxygen atoms in total. The Morgan fingerprint density at radius 2 is 1.70 bits per heavy atom. The van der Waals surface area contributed by atoms with Gasteiger partial charge >= 0.3 is 0 Å². The van der Waals surface area contributed by atoms with Crippen molar-refractivity contribution in [3.63, 3.8) is 0 Å². The molecule has 0 amide bonds. The van der Waals surface area contributed by atoms with Gasteiger partial charge in [0.2, 0.25) is 10.0 Å². The Kier molecular flexibility index (Phi) is 5.24. The predicted molar refractivity (Wildman–Crippen MR) is 114 cm³/mol. The smallest absolute Gasteiger partial charge is 0.238 e. The van der Waals surface area contributed by atoms with Gasteiger partial charge in [0.1, 0.15) is 17.4 Å². The van der Waals surface area contributed by atoms with Crippen molar-refractivity contribution in [2.45, 2.75) is 4.90 Å². The van der Waals surface area contributed by atoms with Crippen molar-refractivity contribution in [3.05, 3.63) is 59.0 Å². The van der Waals surface area contributed by atoms with Gasteiger partial charge in [-0.05, 0) is 36.4 Å². The van der Waals surface area contributed by atoms with E-state index < -0.39 is 15.8 Å². The minimum Gasteiger partial charge on any atom is -0.368 e. The van der Waals surface area contributed by atoms with Gasteiger partial charge in [-0.2, -0.15) is 5.26 Å². The number of sulfonamides is 1. The number of hydrogen-bond donors (Lipinski definition) is 1. The first kappa shape index (κ1) is 20.3. The highest BCUT2D eigenvalue weighted by Crippen LogP contribution is 2.36. The largest absolute Gasteiger partial charge is 0.368 e. The van der Waals surface area contributed by atoms with Crippen molar-refractivity contribution in [1.82, 2.24) is 4.98 Å². The van der Waals surface area contributed by atoms with E-state index in [1.54, 1.807) is 12.1 Å². The molecule has 1 saturated heterocycles. The summed E-state index contributed by atoms with van der Waals surface area (Å²) >= 11 is 6.35. The van der Waals surface area contributed by atoms with E-state index in [-0.39, 0.29) is 10.4 Å². The molecule has 0 unspecified atom stereocenters. The fourth-order valence-corrected chi connectivity index (χ4v) is 4.42. The molecule has 2 N–H and O–H groups in total. The van der Waals surface area contributed by atoms with E-state index >= 15 is 0 Å². The summed E-state index contributed by atoms with van der Waals surface area (Å²) in [7, 11) is -3.74. The monoisotopic (exact) mass is 445 g/mol. The molecule has 0 spiro atoms. The lowest BCUT2D eigenvalue weighted by Crippen LogP contribution is -2.46. The van der Waals surface area contributed by atoms with Crippen molar-refractivity contribution in [2.75, 3.05) is 36.0 Å². The molecule has 0 saturated carbocycles. The summed E-state index contributed by atoms with van der Waals surface area (Å²) in [6, 6.07) is 11.2. The Hall–Kier alpha value is -2.93. The maximum atomic E-state index is 14.3. The normalized spacial score (nSPS) is 14.7. The summed E-state index contributed by atoms with van der Waals surface area (Å²) in [5.41, 5.74) is 1.92. The Morgan fingerprint density at radius 1 is 1.07 bits per heavy atom. The number of halogens is 2.